The second kappa shape index (κ2) is 7.96. The Kier molecular flexibility index (Phi) is 5.65. The van der Waals surface area contributed by atoms with Crippen LogP contribution in [0.1, 0.15) is 35.6 Å². The molecule has 144 valence electrons. The molecule has 3 rings (SSSR count). The molecule has 0 bridgehead atoms. The summed E-state index contributed by atoms with van der Waals surface area (Å²) >= 11 is 0. The Labute approximate surface area is 160 Å². The molecule has 1 aromatic carbocycles. The SMILES string of the molecule is CC(C)N1CCn2c(CN(C)C)cc(=O)c(OCc3ccccc3)c2C1=O. The molecule has 27 heavy (non-hydrogen) atoms. The van der Waals surface area contributed by atoms with Gasteiger partial charge in [0.25, 0.3) is 5.91 Å². The molecule has 0 saturated heterocycles. The number of fused-ring (bicyclic) bond motifs is 1. The van der Waals surface area contributed by atoms with E-state index in [0.717, 1.165) is 11.3 Å². The molecule has 0 unspecified atom stereocenters. The number of aromatic nitrogens is 1. The van der Waals surface area contributed by atoms with Gasteiger partial charge in [0.2, 0.25) is 5.43 Å². The van der Waals surface area contributed by atoms with Crippen molar-refractivity contribution >= 4 is 5.91 Å². The molecule has 0 atom stereocenters. The van der Waals surface area contributed by atoms with Crippen molar-refractivity contribution < 1.29 is 9.53 Å². The van der Waals surface area contributed by atoms with Crippen LogP contribution in [0.25, 0.3) is 0 Å². The normalized spacial score (nSPS) is 14.0. The Morgan fingerprint density at radius 3 is 2.44 bits per heavy atom. The molecule has 0 radical (unpaired) electrons. The lowest BCUT2D eigenvalue weighted by Crippen LogP contribution is -2.46. The van der Waals surface area contributed by atoms with Crippen molar-refractivity contribution in [2.24, 2.45) is 0 Å². The van der Waals surface area contributed by atoms with Crippen LogP contribution >= 0.6 is 0 Å². The smallest absolute Gasteiger partial charge is 0.274 e. The number of carbonyl (C=O) groups excluding carboxylic acids is 1. The minimum absolute atomic E-state index is 0.0702. The van der Waals surface area contributed by atoms with Crippen LogP contribution in [0.3, 0.4) is 0 Å². The van der Waals surface area contributed by atoms with Gasteiger partial charge in [-0.1, -0.05) is 30.3 Å². The molecule has 1 amide bonds. The van der Waals surface area contributed by atoms with Crippen molar-refractivity contribution in [2.75, 3.05) is 20.6 Å². The molecule has 2 heterocycles. The van der Waals surface area contributed by atoms with Crippen molar-refractivity contribution in [2.45, 2.75) is 39.6 Å². The van der Waals surface area contributed by atoms with E-state index in [1.165, 1.54) is 0 Å². The highest BCUT2D eigenvalue weighted by Crippen LogP contribution is 2.25. The summed E-state index contributed by atoms with van der Waals surface area (Å²) in [5.41, 5.74) is 1.92. The third-order valence-corrected chi connectivity index (χ3v) is 4.71. The Bertz CT molecular complexity index is 872. The van der Waals surface area contributed by atoms with Gasteiger partial charge >= 0.3 is 0 Å². The largest absolute Gasteiger partial charge is 0.483 e. The van der Waals surface area contributed by atoms with Crippen LogP contribution in [-0.4, -0.2) is 47.0 Å². The monoisotopic (exact) mass is 369 g/mol. The summed E-state index contributed by atoms with van der Waals surface area (Å²) in [7, 11) is 3.89. The number of nitrogens with zero attached hydrogens (tertiary/aromatic N) is 3. The van der Waals surface area contributed by atoms with E-state index in [-0.39, 0.29) is 29.7 Å². The lowest BCUT2D eigenvalue weighted by atomic mass is 10.1. The van der Waals surface area contributed by atoms with E-state index < -0.39 is 0 Å². The maximum absolute atomic E-state index is 13.2. The summed E-state index contributed by atoms with van der Waals surface area (Å²) in [6, 6.07) is 11.3. The Hall–Kier alpha value is -2.60. The number of rotatable bonds is 6. The lowest BCUT2D eigenvalue weighted by Gasteiger charge is -2.35. The zero-order valence-corrected chi connectivity index (χ0v) is 16.4. The average molecular weight is 369 g/mol. The van der Waals surface area contributed by atoms with Crippen molar-refractivity contribution in [1.29, 1.82) is 0 Å². The fourth-order valence-electron chi connectivity index (χ4n) is 3.41. The number of hydrogen-bond acceptors (Lipinski definition) is 4. The first kappa shape index (κ1) is 19.2. The van der Waals surface area contributed by atoms with Crippen LogP contribution in [0.4, 0.5) is 0 Å². The summed E-state index contributed by atoms with van der Waals surface area (Å²) in [5.74, 6) is 0.00808. The van der Waals surface area contributed by atoms with Crippen LogP contribution in [0.15, 0.2) is 41.2 Å². The van der Waals surface area contributed by atoms with Crippen molar-refractivity contribution in [3.8, 4) is 5.75 Å². The molecule has 1 aromatic heterocycles. The van der Waals surface area contributed by atoms with E-state index in [1.54, 1.807) is 11.0 Å². The first-order valence-electron chi connectivity index (χ1n) is 9.27. The lowest BCUT2D eigenvalue weighted by molar-refractivity contribution is 0.0635. The van der Waals surface area contributed by atoms with Gasteiger partial charge in [-0.2, -0.15) is 0 Å². The van der Waals surface area contributed by atoms with Gasteiger partial charge in [-0.15, -0.1) is 0 Å². The van der Waals surface area contributed by atoms with Gasteiger partial charge in [-0.3, -0.25) is 9.59 Å². The van der Waals surface area contributed by atoms with E-state index >= 15 is 0 Å². The zero-order valence-electron chi connectivity index (χ0n) is 16.4. The highest BCUT2D eigenvalue weighted by Gasteiger charge is 2.32. The molecule has 6 heteroatoms. The number of pyridine rings is 1. The number of amides is 1. The van der Waals surface area contributed by atoms with Gasteiger partial charge in [0.15, 0.2) is 11.4 Å². The van der Waals surface area contributed by atoms with E-state index in [1.807, 2.05) is 67.7 Å². The zero-order chi connectivity index (χ0) is 19.6. The molecule has 1 aliphatic rings. The Balaban J connectivity index is 2.04. The van der Waals surface area contributed by atoms with E-state index in [9.17, 15) is 9.59 Å². The fourth-order valence-corrected chi connectivity index (χ4v) is 3.41. The third-order valence-electron chi connectivity index (χ3n) is 4.71. The van der Waals surface area contributed by atoms with Crippen LogP contribution in [0.2, 0.25) is 0 Å². The standard InChI is InChI=1S/C21H27N3O3/c1-15(2)23-10-11-24-17(13-22(3)4)12-18(25)20(19(24)21(23)26)27-14-16-8-6-5-7-9-16/h5-9,12,15H,10-11,13-14H2,1-4H3. The molecule has 6 nitrogen and oxygen atoms in total. The summed E-state index contributed by atoms with van der Waals surface area (Å²) in [6.45, 7) is 6.11. The minimum Gasteiger partial charge on any atom is -0.483 e. The van der Waals surface area contributed by atoms with Crippen LogP contribution in [-0.2, 0) is 19.7 Å². The number of benzene rings is 1. The van der Waals surface area contributed by atoms with Crippen molar-refractivity contribution in [3.05, 3.63) is 63.6 Å². The second-order valence-electron chi connectivity index (χ2n) is 7.43. The average Bonchev–Trinajstić information content (AvgIpc) is 2.62. The molecule has 0 N–H and O–H groups in total. The van der Waals surface area contributed by atoms with Gasteiger partial charge in [0.1, 0.15) is 6.61 Å². The van der Waals surface area contributed by atoms with E-state index in [2.05, 4.69) is 0 Å². The quantitative estimate of drug-likeness (QED) is 0.784. The molecule has 2 aromatic rings. The van der Waals surface area contributed by atoms with Gasteiger partial charge in [0.05, 0.1) is 0 Å². The van der Waals surface area contributed by atoms with Crippen LogP contribution in [0.5, 0.6) is 5.75 Å². The van der Waals surface area contributed by atoms with E-state index in [4.69, 9.17) is 4.74 Å². The molecule has 0 saturated carbocycles. The van der Waals surface area contributed by atoms with Crippen molar-refractivity contribution in [3.63, 3.8) is 0 Å². The number of hydrogen-bond donors (Lipinski definition) is 0. The molecule has 0 fully saturated rings. The topological polar surface area (TPSA) is 54.8 Å². The predicted octanol–water partition coefficient (Wildman–Crippen LogP) is 2.35. The molecular formula is C21H27N3O3. The third kappa shape index (κ3) is 4.06. The number of ether oxygens (including phenoxy) is 1. The summed E-state index contributed by atoms with van der Waals surface area (Å²) in [6.07, 6.45) is 0. The minimum atomic E-state index is -0.243. The maximum atomic E-state index is 13.2. The van der Waals surface area contributed by atoms with Gasteiger partial charge in [-0.25, -0.2) is 0 Å². The Morgan fingerprint density at radius 1 is 1.11 bits per heavy atom. The van der Waals surface area contributed by atoms with Gasteiger partial charge < -0.3 is 19.1 Å². The summed E-state index contributed by atoms with van der Waals surface area (Å²) < 4.78 is 7.83. The van der Waals surface area contributed by atoms with Crippen LogP contribution in [0, 0.1) is 0 Å². The first-order chi connectivity index (χ1) is 12.9. The van der Waals surface area contributed by atoms with Gasteiger partial charge in [-0.05, 0) is 33.5 Å². The Morgan fingerprint density at radius 2 is 1.81 bits per heavy atom. The number of carbonyl (C=O) groups is 1. The van der Waals surface area contributed by atoms with E-state index in [0.29, 0.717) is 25.3 Å². The van der Waals surface area contributed by atoms with Gasteiger partial charge in [0, 0.05) is 37.4 Å². The van der Waals surface area contributed by atoms with Crippen molar-refractivity contribution in [1.82, 2.24) is 14.4 Å². The predicted molar refractivity (Wildman–Crippen MR) is 105 cm³/mol. The molecule has 1 aliphatic heterocycles. The van der Waals surface area contributed by atoms with Crippen LogP contribution < -0.4 is 10.2 Å². The molecule has 0 spiro atoms. The molecule has 0 aliphatic carbocycles. The molecular weight excluding hydrogens is 342 g/mol. The highest BCUT2D eigenvalue weighted by atomic mass is 16.5. The first-order valence-corrected chi connectivity index (χ1v) is 9.27. The highest BCUT2D eigenvalue weighted by molar-refractivity contribution is 5.96. The fraction of sp³-hybridized carbons (Fsp3) is 0.429. The maximum Gasteiger partial charge on any atom is 0.274 e. The summed E-state index contributed by atoms with van der Waals surface area (Å²) in [5, 5.41) is 0. The second-order valence-corrected chi connectivity index (χ2v) is 7.43. The summed E-state index contributed by atoms with van der Waals surface area (Å²) in [4.78, 5) is 29.7.